The first-order chi connectivity index (χ1) is 15.3. The third-order valence-corrected chi connectivity index (χ3v) is 6.53. The molecule has 3 unspecified atom stereocenters. The average molecular weight is 436 g/mol. The van der Waals surface area contributed by atoms with Gasteiger partial charge in [0.25, 0.3) is 5.91 Å². The van der Waals surface area contributed by atoms with E-state index >= 15 is 0 Å². The largest absolute Gasteiger partial charge is 0.386 e. The van der Waals surface area contributed by atoms with Gasteiger partial charge in [0.15, 0.2) is 5.60 Å². The van der Waals surface area contributed by atoms with E-state index in [1.165, 1.54) is 0 Å². The summed E-state index contributed by atoms with van der Waals surface area (Å²) in [6, 6.07) is 6.59. The van der Waals surface area contributed by atoms with Crippen LogP contribution in [0.25, 0.3) is 0 Å². The Morgan fingerprint density at radius 1 is 1.22 bits per heavy atom. The SMILES string of the molecule is C=C(NCC1CC1)C(O)(CC(C)C)C(=O)N[C@@H]1C(=O)NC2C=CC=CC2c2ccccc21. The number of carbonyl (C=O) groups is 2. The molecule has 3 aliphatic rings. The topological polar surface area (TPSA) is 90.5 Å². The highest BCUT2D eigenvalue weighted by Crippen LogP contribution is 2.35. The molecule has 0 radical (unpaired) electrons. The van der Waals surface area contributed by atoms with Crippen LogP contribution in [0.15, 0.2) is 60.8 Å². The molecule has 0 bridgehead atoms. The molecule has 2 amide bonds. The number of nitrogens with one attached hydrogen (secondary N) is 3. The summed E-state index contributed by atoms with van der Waals surface area (Å²) in [6.45, 7) is 8.59. The molecule has 1 aliphatic heterocycles. The van der Waals surface area contributed by atoms with Gasteiger partial charge >= 0.3 is 0 Å². The molecule has 1 aromatic rings. The minimum absolute atomic E-state index is 0.00762. The summed E-state index contributed by atoms with van der Waals surface area (Å²) in [7, 11) is 0. The molecule has 0 spiro atoms. The number of benzene rings is 1. The lowest BCUT2D eigenvalue weighted by molar-refractivity contribution is -0.141. The fourth-order valence-corrected chi connectivity index (χ4v) is 4.58. The van der Waals surface area contributed by atoms with E-state index in [0.717, 1.165) is 24.0 Å². The Morgan fingerprint density at radius 3 is 2.59 bits per heavy atom. The Labute approximate surface area is 189 Å². The summed E-state index contributed by atoms with van der Waals surface area (Å²) in [5.41, 5.74) is 0.212. The van der Waals surface area contributed by atoms with Crippen LogP contribution < -0.4 is 16.0 Å². The Hall–Kier alpha value is -2.86. The van der Waals surface area contributed by atoms with E-state index in [-0.39, 0.29) is 35.9 Å². The van der Waals surface area contributed by atoms with Crippen molar-refractivity contribution < 1.29 is 14.7 Å². The standard InChI is InChI=1S/C26H33N3O3/c1-16(2)14-26(32,17(3)27-15-18-12-13-18)25(31)29-23-21-10-5-4-8-19(21)20-9-6-7-11-22(20)28-24(23)30/h4-11,16,18,20,22-23,27,32H,3,12-15H2,1-2H3,(H,28,30)(H,29,31)/t20?,22?,23-,26?/m0/s1. The van der Waals surface area contributed by atoms with E-state index in [4.69, 9.17) is 0 Å². The van der Waals surface area contributed by atoms with Crippen molar-refractivity contribution in [3.8, 4) is 0 Å². The van der Waals surface area contributed by atoms with E-state index in [1.807, 2.05) is 56.3 Å². The quantitative estimate of drug-likeness (QED) is 0.505. The minimum atomic E-state index is -1.81. The number of aliphatic hydroxyl groups is 1. The zero-order valence-corrected chi connectivity index (χ0v) is 18.8. The summed E-state index contributed by atoms with van der Waals surface area (Å²) < 4.78 is 0. The highest BCUT2D eigenvalue weighted by Gasteiger charge is 2.43. The second kappa shape index (κ2) is 8.94. The zero-order chi connectivity index (χ0) is 22.9. The molecule has 1 fully saturated rings. The fourth-order valence-electron chi connectivity index (χ4n) is 4.58. The normalized spacial score (nSPS) is 25.8. The minimum Gasteiger partial charge on any atom is -0.386 e. The van der Waals surface area contributed by atoms with Crippen molar-refractivity contribution in [2.45, 2.75) is 56.7 Å². The molecule has 0 saturated heterocycles. The first kappa shape index (κ1) is 22.3. The van der Waals surface area contributed by atoms with Crippen LogP contribution >= 0.6 is 0 Å². The highest BCUT2D eigenvalue weighted by atomic mass is 16.3. The molecule has 2 aliphatic carbocycles. The lowest BCUT2D eigenvalue weighted by Gasteiger charge is -2.33. The van der Waals surface area contributed by atoms with Crippen LogP contribution in [0.1, 0.15) is 56.2 Å². The van der Waals surface area contributed by atoms with Crippen molar-refractivity contribution >= 4 is 11.8 Å². The molecule has 6 heteroatoms. The van der Waals surface area contributed by atoms with Crippen LogP contribution in [0, 0.1) is 11.8 Å². The third-order valence-electron chi connectivity index (χ3n) is 6.53. The van der Waals surface area contributed by atoms with Crippen molar-refractivity contribution in [2.24, 2.45) is 11.8 Å². The van der Waals surface area contributed by atoms with Crippen molar-refractivity contribution in [1.82, 2.24) is 16.0 Å². The molecule has 1 aromatic carbocycles. The van der Waals surface area contributed by atoms with E-state index in [1.54, 1.807) is 0 Å². The number of rotatable bonds is 8. The van der Waals surface area contributed by atoms with E-state index < -0.39 is 17.6 Å². The van der Waals surface area contributed by atoms with Gasteiger partial charge in [0.2, 0.25) is 5.91 Å². The molecule has 4 N–H and O–H groups in total. The van der Waals surface area contributed by atoms with Gasteiger partial charge < -0.3 is 21.1 Å². The van der Waals surface area contributed by atoms with Gasteiger partial charge in [-0.15, -0.1) is 0 Å². The molecule has 6 nitrogen and oxygen atoms in total. The Bertz CT molecular complexity index is 963. The summed E-state index contributed by atoms with van der Waals surface area (Å²) >= 11 is 0. The number of allylic oxidation sites excluding steroid dienone is 2. The van der Waals surface area contributed by atoms with Crippen molar-refractivity contribution in [3.63, 3.8) is 0 Å². The number of carbonyl (C=O) groups excluding carboxylic acids is 2. The molecular formula is C26H33N3O3. The van der Waals surface area contributed by atoms with Crippen molar-refractivity contribution in [3.05, 3.63) is 72.0 Å². The van der Waals surface area contributed by atoms with Gasteiger partial charge in [-0.2, -0.15) is 0 Å². The monoisotopic (exact) mass is 435 g/mol. The van der Waals surface area contributed by atoms with Crippen molar-refractivity contribution in [2.75, 3.05) is 6.54 Å². The van der Waals surface area contributed by atoms with Crippen LogP contribution in [0.5, 0.6) is 0 Å². The summed E-state index contributed by atoms with van der Waals surface area (Å²) in [4.78, 5) is 26.7. The molecule has 32 heavy (non-hydrogen) atoms. The maximum absolute atomic E-state index is 13.5. The molecule has 4 atom stereocenters. The highest BCUT2D eigenvalue weighted by molar-refractivity contribution is 5.94. The summed E-state index contributed by atoms with van der Waals surface area (Å²) in [5.74, 6) is -0.278. The first-order valence-electron chi connectivity index (χ1n) is 11.5. The van der Waals surface area contributed by atoms with Gasteiger partial charge in [-0.25, -0.2) is 0 Å². The van der Waals surface area contributed by atoms with Crippen LogP contribution in [0.3, 0.4) is 0 Å². The number of hydrogen-bond donors (Lipinski definition) is 4. The molecule has 170 valence electrons. The summed E-state index contributed by atoms with van der Waals surface area (Å²) in [6.07, 6.45) is 10.4. The maximum Gasteiger partial charge on any atom is 0.259 e. The smallest absolute Gasteiger partial charge is 0.259 e. The third kappa shape index (κ3) is 4.51. The lowest BCUT2D eigenvalue weighted by atomic mass is 9.85. The zero-order valence-electron chi connectivity index (χ0n) is 18.8. The predicted molar refractivity (Wildman–Crippen MR) is 125 cm³/mol. The van der Waals surface area contributed by atoms with Gasteiger partial charge in [0.05, 0.1) is 6.04 Å². The van der Waals surface area contributed by atoms with Crippen LogP contribution in [-0.4, -0.2) is 35.1 Å². The maximum atomic E-state index is 13.5. The van der Waals surface area contributed by atoms with Crippen LogP contribution in [-0.2, 0) is 9.59 Å². The number of hydrogen-bond acceptors (Lipinski definition) is 4. The molecule has 1 heterocycles. The van der Waals surface area contributed by atoms with Gasteiger partial charge in [0, 0.05) is 18.2 Å². The molecule has 1 saturated carbocycles. The van der Waals surface area contributed by atoms with Gasteiger partial charge in [-0.05, 0) is 42.2 Å². The van der Waals surface area contributed by atoms with Crippen molar-refractivity contribution in [1.29, 1.82) is 0 Å². The first-order valence-corrected chi connectivity index (χ1v) is 11.5. The Morgan fingerprint density at radius 2 is 1.91 bits per heavy atom. The fraction of sp³-hybridized carbons (Fsp3) is 0.462. The van der Waals surface area contributed by atoms with Crippen LogP contribution in [0.2, 0.25) is 0 Å². The van der Waals surface area contributed by atoms with Gasteiger partial charge in [0.1, 0.15) is 6.04 Å². The average Bonchev–Trinajstić information content (AvgIpc) is 3.60. The van der Waals surface area contributed by atoms with Crippen LogP contribution in [0.4, 0.5) is 0 Å². The Balaban J connectivity index is 1.61. The van der Waals surface area contributed by atoms with E-state index in [2.05, 4.69) is 28.6 Å². The summed E-state index contributed by atoms with van der Waals surface area (Å²) in [5, 5.41) is 20.5. The molecule has 0 aromatic heterocycles. The van der Waals surface area contributed by atoms with Gasteiger partial charge in [-0.1, -0.05) is 69.0 Å². The Kier molecular flexibility index (Phi) is 6.24. The second-order valence-electron chi connectivity index (χ2n) is 9.63. The number of fused-ring (bicyclic) bond motifs is 3. The lowest BCUT2D eigenvalue weighted by Crippen LogP contribution is -2.54. The van der Waals surface area contributed by atoms with E-state index in [0.29, 0.717) is 12.5 Å². The molecule has 4 rings (SSSR count). The number of amides is 2. The molecular weight excluding hydrogens is 402 g/mol. The van der Waals surface area contributed by atoms with Gasteiger partial charge in [-0.3, -0.25) is 9.59 Å². The predicted octanol–water partition coefficient (Wildman–Crippen LogP) is 2.84. The second-order valence-corrected chi connectivity index (χ2v) is 9.63. The van der Waals surface area contributed by atoms with E-state index in [9.17, 15) is 14.7 Å².